The molecule has 2 aliphatic rings. The fourth-order valence-electron chi connectivity index (χ4n) is 3.59. The van der Waals surface area contributed by atoms with E-state index in [1.807, 2.05) is 6.07 Å². The molecule has 1 aliphatic heterocycles. The van der Waals surface area contributed by atoms with Gasteiger partial charge in [-0.1, -0.05) is 31.0 Å². The highest BCUT2D eigenvalue weighted by Crippen LogP contribution is 2.37. The van der Waals surface area contributed by atoms with Gasteiger partial charge in [-0.25, -0.2) is 0 Å². The monoisotopic (exact) mass is 358 g/mol. The molecule has 0 unspecified atom stereocenters. The summed E-state index contributed by atoms with van der Waals surface area (Å²) in [5.41, 5.74) is 0.615. The quantitative estimate of drug-likeness (QED) is 0.618. The standard InChI is InChI=1S/C19H22N2O5/c22-16(20-13-6-2-1-3-7-13)12-26-17(23)10-11-21-18(24)14-8-4-5-9-15(14)19(21)25/h1-3,6-7,14-15H,4-5,8-12H2,(H,20,22)/t14-,15-/m0/s1. The van der Waals surface area contributed by atoms with Crippen LogP contribution in [0.1, 0.15) is 32.1 Å². The van der Waals surface area contributed by atoms with Crippen molar-refractivity contribution in [2.75, 3.05) is 18.5 Å². The number of carbonyl (C=O) groups is 4. The van der Waals surface area contributed by atoms with E-state index in [-0.39, 0.29) is 36.6 Å². The third-order valence-corrected chi connectivity index (χ3v) is 4.89. The molecular formula is C19H22N2O5. The van der Waals surface area contributed by atoms with Crippen molar-refractivity contribution < 1.29 is 23.9 Å². The summed E-state index contributed by atoms with van der Waals surface area (Å²) in [6, 6.07) is 8.84. The number of para-hydroxylation sites is 1. The van der Waals surface area contributed by atoms with Crippen LogP contribution >= 0.6 is 0 Å². The molecule has 0 aromatic heterocycles. The molecule has 1 aromatic carbocycles. The Bertz CT molecular complexity index is 679. The van der Waals surface area contributed by atoms with E-state index in [4.69, 9.17) is 4.74 Å². The van der Waals surface area contributed by atoms with Crippen molar-refractivity contribution in [1.82, 2.24) is 4.90 Å². The molecule has 1 heterocycles. The van der Waals surface area contributed by atoms with Crippen LogP contribution in [-0.2, 0) is 23.9 Å². The van der Waals surface area contributed by atoms with Crippen LogP contribution in [-0.4, -0.2) is 41.7 Å². The average molecular weight is 358 g/mol. The first-order chi connectivity index (χ1) is 12.6. The third-order valence-electron chi connectivity index (χ3n) is 4.89. The zero-order chi connectivity index (χ0) is 18.5. The number of rotatable bonds is 6. The Hall–Kier alpha value is -2.70. The van der Waals surface area contributed by atoms with Crippen LogP contribution in [0, 0.1) is 11.8 Å². The van der Waals surface area contributed by atoms with E-state index < -0.39 is 18.5 Å². The van der Waals surface area contributed by atoms with Gasteiger partial charge in [0.25, 0.3) is 5.91 Å². The van der Waals surface area contributed by atoms with E-state index in [0.29, 0.717) is 5.69 Å². The predicted octanol–water partition coefficient (Wildman–Crippen LogP) is 1.73. The number of hydrogen-bond donors (Lipinski definition) is 1. The van der Waals surface area contributed by atoms with Crippen molar-refractivity contribution in [3.05, 3.63) is 30.3 Å². The molecule has 138 valence electrons. The molecular weight excluding hydrogens is 336 g/mol. The number of nitrogens with one attached hydrogen (secondary N) is 1. The summed E-state index contributed by atoms with van der Waals surface area (Å²) in [4.78, 5) is 49.4. The minimum absolute atomic E-state index is 0.0177. The molecule has 1 saturated carbocycles. The van der Waals surface area contributed by atoms with E-state index in [1.54, 1.807) is 24.3 Å². The highest BCUT2D eigenvalue weighted by atomic mass is 16.5. The number of benzene rings is 1. The zero-order valence-electron chi connectivity index (χ0n) is 14.5. The minimum atomic E-state index is -0.608. The summed E-state index contributed by atoms with van der Waals surface area (Å²) in [6.45, 7) is -0.384. The van der Waals surface area contributed by atoms with Crippen LogP contribution in [0.25, 0.3) is 0 Å². The van der Waals surface area contributed by atoms with Crippen LogP contribution in [0.5, 0.6) is 0 Å². The number of nitrogens with zero attached hydrogens (tertiary/aromatic N) is 1. The molecule has 2 atom stereocenters. The topological polar surface area (TPSA) is 92.8 Å². The van der Waals surface area contributed by atoms with Crippen LogP contribution in [0.4, 0.5) is 5.69 Å². The van der Waals surface area contributed by atoms with Crippen molar-refractivity contribution in [2.45, 2.75) is 32.1 Å². The first kappa shape index (κ1) is 18.1. The maximum atomic E-state index is 12.3. The molecule has 0 spiro atoms. The number of ether oxygens (including phenoxy) is 1. The van der Waals surface area contributed by atoms with Crippen LogP contribution in [0.3, 0.4) is 0 Å². The van der Waals surface area contributed by atoms with Crippen molar-refractivity contribution >= 4 is 29.4 Å². The summed E-state index contributed by atoms with van der Waals surface area (Å²) in [5.74, 6) is -1.83. The number of carbonyl (C=O) groups excluding carboxylic acids is 4. The van der Waals surface area contributed by atoms with Crippen molar-refractivity contribution in [1.29, 1.82) is 0 Å². The zero-order valence-corrected chi connectivity index (χ0v) is 14.5. The summed E-state index contributed by atoms with van der Waals surface area (Å²) < 4.78 is 4.92. The SMILES string of the molecule is O=C(COC(=O)CCN1C(=O)[C@H]2CCCC[C@@H]2C1=O)Nc1ccccc1. The lowest BCUT2D eigenvalue weighted by molar-refractivity contribution is -0.148. The molecule has 0 bridgehead atoms. The molecule has 26 heavy (non-hydrogen) atoms. The molecule has 7 heteroatoms. The van der Waals surface area contributed by atoms with Crippen LogP contribution < -0.4 is 5.32 Å². The van der Waals surface area contributed by atoms with Gasteiger partial charge in [0.2, 0.25) is 11.8 Å². The lowest BCUT2D eigenvalue weighted by Gasteiger charge is -2.19. The van der Waals surface area contributed by atoms with Gasteiger partial charge in [-0.3, -0.25) is 24.1 Å². The van der Waals surface area contributed by atoms with Gasteiger partial charge in [-0.05, 0) is 25.0 Å². The van der Waals surface area contributed by atoms with E-state index in [9.17, 15) is 19.2 Å². The number of hydrogen-bond acceptors (Lipinski definition) is 5. The van der Waals surface area contributed by atoms with Gasteiger partial charge in [0.1, 0.15) is 0 Å². The number of amides is 3. The van der Waals surface area contributed by atoms with Crippen molar-refractivity contribution in [3.63, 3.8) is 0 Å². The van der Waals surface area contributed by atoms with E-state index in [2.05, 4.69) is 5.32 Å². The summed E-state index contributed by atoms with van der Waals surface area (Å²) in [7, 11) is 0. The normalized spacial score (nSPS) is 22.1. The Kier molecular flexibility index (Phi) is 5.65. The number of likely N-dealkylation sites (tertiary alicyclic amines) is 1. The largest absolute Gasteiger partial charge is 0.456 e. The number of fused-ring (bicyclic) bond motifs is 1. The van der Waals surface area contributed by atoms with Gasteiger partial charge in [0.15, 0.2) is 6.61 Å². The number of esters is 1. The number of imide groups is 1. The molecule has 3 amide bonds. The van der Waals surface area contributed by atoms with E-state index >= 15 is 0 Å². The Morgan fingerprint density at radius 1 is 1.04 bits per heavy atom. The van der Waals surface area contributed by atoms with Gasteiger partial charge >= 0.3 is 5.97 Å². The summed E-state index contributed by atoms with van der Waals surface area (Å²) in [5, 5.41) is 2.61. The third kappa shape index (κ3) is 4.09. The molecule has 0 radical (unpaired) electrons. The lowest BCUT2D eigenvalue weighted by atomic mass is 9.81. The van der Waals surface area contributed by atoms with Gasteiger partial charge in [-0.2, -0.15) is 0 Å². The smallest absolute Gasteiger partial charge is 0.308 e. The van der Waals surface area contributed by atoms with Crippen LogP contribution in [0.2, 0.25) is 0 Å². The van der Waals surface area contributed by atoms with Gasteiger partial charge in [0.05, 0.1) is 18.3 Å². The Balaban J connectivity index is 1.42. The molecule has 1 aromatic rings. The predicted molar refractivity (Wildman–Crippen MR) is 92.8 cm³/mol. The Labute approximate surface area is 151 Å². The average Bonchev–Trinajstić information content (AvgIpc) is 2.90. The maximum absolute atomic E-state index is 12.3. The fourth-order valence-corrected chi connectivity index (χ4v) is 3.59. The second-order valence-electron chi connectivity index (χ2n) is 6.65. The van der Waals surface area contributed by atoms with Crippen molar-refractivity contribution in [3.8, 4) is 0 Å². The highest BCUT2D eigenvalue weighted by Gasteiger charge is 2.47. The molecule has 1 saturated heterocycles. The van der Waals surface area contributed by atoms with Crippen LogP contribution in [0.15, 0.2) is 30.3 Å². The second-order valence-corrected chi connectivity index (χ2v) is 6.65. The Morgan fingerprint density at radius 2 is 1.65 bits per heavy atom. The van der Waals surface area contributed by atoms with E-state index in [1.165, 1.54) is 4.90 Å². The lowest BCUT2D eigenvalue weighted by Crippen LogP contribution is -2.33. The molecule has 1 N–H and O–H groups in total. The van der Waals surface area contributed by atoms with Crippen molar-refractivity contribution in [2.24, 2.45) is 11.8 Å². The van der Waals surface area contributed by atoms with Gasteiger partial charge < -0.3 is 10.1 Å². The molecule has 3 rings (SSSR count). The Morgan fingerprint density at radius 3 is 2.27 bits per heavy atom. The van der Waals surface area contributed by atoms with Gasteiger partial charge in [-0.15, -0.1) is 0 Å². The molecule has 1 aliphatic carbocycles. The summed E-state index contributed by atoms with van der Waals surface area (Å²) >= 11 is 0. The summed E-state index contributed by atoms with van der Waals surface area (Å²) in [6.07, 6.45) is 3.32. The molecule has 7 nitrogen and oxygen atoms in total. The first-order valence-corrected chi connectivity index (χ1v) is 8.92. The van der Waals surface area contributed by atoms with Gasteiger partial charge in [0, 0.05) is 12.2 Å². The second kappa shape index (κ2) is 8.12. The molecule has 2 fully saturated rings. The maximum Gasteiger partial charge on any atom is 0.308 e. The highest BCUT2D eigenvalue weighted by molar-refractivity contribution is 6.05. The van der Waals surface area contributed by atoms with E-state index in [0.717, 1.165) is 25.7 Å². The minimum Gasteiger partial charge on any atom is -0.456 e. The number of anilines is 1. The fraction of sp³-hybridized carbons (Fsp3) is 0.474. The first-order valence-electron chi connectivity index (χ1n) is 8.92.